The van der Waals surface area contributed by atoms with E-state index >= 15 is 0 Å². The van der Waals surface area contributed by atoms with Gasteiger partial charge in [0, 0.05) is 17.4 Å². The summed E-state index contributed by atoms with van der Waals surface area (Å²) in [6.07, 6.45) is 0. The number of para-hydroxylation sites is 1. The summed E-state index contributed by atoms with van der Waals surface area (Å²) in [6, 6.07) is 12.2. The number of anilines is 2. The average Bonchev–Trinajstić information content (AvgIpc) is 3.06. The number of rotatable bonds is 6. The molecular formula is C21H22N2O5. The van der Waals surface area contributed by atoms with Crippen LogP contribution in [0, 0.1) is 5.92 Å². The quantitative estimate of drug-likeness (QED) is 0.663. The van der Waals surface area contributed by atoms with Crippen LogP contribution in [0.2, 0.25) is 0 Å². The first-order valence-corrected chi connectivity index (χ1v) is 8.80. The molecule has 0 aliphatic rings. The maximum Gasteiger partial charge on any atom is 0.293 e. The summed E-state index contributed by atoms with van der Waals surface area (Å²) >= 11 is 0. The molecule has 28 heavy (non-hydrogen) atoms. The van der Waals surface area contributed by atoms with Crippen LogP contribution in [0.4, 0.5) is 11.4 Å². The molecule has 0 aliphatic heterocycles. The molecule has 1 aromatic heterocycles. The largest absolute Gasteiger partial charge is 0.497 e. The molecule has 3 aromatic rings. The van der Waals surface area contributed by atoms with Crippen LogP contribution in [0.3, 0.4) is 0 Å². The lowest BCUT2D eigenvalue weighted by Gasteiger charge is -2.12. The van der Waals surface area contributed by atoms with Crippen LogP contribution in [0.25, 0.3) is 11.0 Å². The van der Waals surface area contributed by atoms with Crippen molar-refractivity contribution in [3.63, 3.8) is 0 Å². The molecule has 146 valence electrons. The number of fused-ring (bicyclic) bond motifs is 1. The van der Waals surface area contributed by atoms with Gasteiger partial charge >= 0.3 is 0 Å². The van der Waals surface area contributed by atoms with E-state index in [9.17, 15) is 9.59 Å². The highest BCUT2D eigenvalue weighted by atomic mass is 16.5. The number of carbonyl (C=O) groups excluding carboxylic acids is 2. The van der Waals surface area contributed by atoms with Gasteiger partial charge in [-0.15, -0.1) is 0 Å². The van der Waals surface area contributed by atoms with Crippen LogP contribution >= 0.6 is 0 Å². The Bertz CT molecular complexity index is 1020. The second-order valence-electron chi connectivity index (χ2n) is 6.47. The molecule has 0 atom stereocenters. The molecule has 7 heteroatoms. The van der Waals surface area contributed by atoms with E-state index in [0.29, 0.717) is 33.8 Å². The van der Waals surface area contributed by atoms with Crippen LogP contribution in [0.15, 0.2) is 46.9 Å². The molecule has 0 spiro atoms. The molecule has 0 radical (unpaired) electrons. The summed E-state index contributed by atoms with van der Waals surface area (Å²) in [5.74, 6) is 0.112. The minimum absolute atomic E-state index is 0.0214. The highest BCUT2D eigenvalue weighted by Crippen LogP contribution is 2.34. The zero-order valence-electron chi connectivity index (χ0n) is 16.2. The molecule has 0 fully saturated rings. The van der Waals surface area contributed by atoms with Crippen LogP contribution in [0.5, 0.6) is 11.5 Å². The van der Waals surface area contributed by atoms with Crippen molar-refractivity contribution < 1.29 is 23.5 Å². The van der Waals surface area contributed by atoms with E-state index in [2.05, 4.69) is 10.6 Å². The minimum atomic E-state index is -0.501. The van der Waals surface area contributed by atoms with Crippen LogP contribution in [0.1, 0.15) is 24.4 Å². The number of hydrogen-bond donors (Lipinski definition) is 2. The van der Waals surface area contributed by atoms with Gasteiger partial charge in [-0.25, -0.2) is 0 Å². The Hall–Kier alpha value is -3.48. The Kier molecular flexibility index (Phi) is 5.54. The van der Waals surface area contributed by atoms with Gasteiger partial charge in [0.2, 0.25) is 11.7 Å². The minimum Gasteiger partial charge on any atom is -0.497 e. The average molecular weight is 382 g/mol. The number of methoxy groups -OCH3 is 2. The van der Waals surface area contributed by atoms with Gasteiger partial charge in [-0.3, -0.25) is 9.59 Å². The van der Waals surface area contributed by atoms with Gasteiger partial charge in [0.15, 0.2) is 0 Å². The van der Waals surface area contributed by atoms with E-state index in [-0.39, 0.29) is 17.6 Å². The van der Waals surface area contributed by atoms with Crippen molar-refractivity contribution in [1.29, 1.82) is 0 Å². The summed E-state index contributed by atoms with van der Waals surface area (Å²) in [5.41, 5.74) is 1.31. The first-order valence-electron chi connectivity index (χ1n) is 8.80. The molecule has 0 aliphatic carbocycles. The molecule has 0 saturated heterocycles. The van der Waals surface area contributed by atoms with Crippen molar-refractivity contribution in [3.8, 4) is 11.5 Å². The second-order valence-corrected chi connectivity index (χ2v) is 6.47. The molecule has 1 heterocycles. The molecule has 0 bridgehead atoms. The van der Waals surface area contributed by atoms with Crippen LogP contribution in [-0.2, 0) is 4.79 Å². The lowest BCUT2D eigenvalue weighted by atomic mass is 10.1. The molecule has 2 amide bonds. The Morgan fingerprint density at radius 1 is 1.00 bits per heavy atom. The predicted molar refractivity (Wildman–Crippen MR) is 107 cm³/mol. The number of nitrogens with one attached hydrogen (secondary N) is 2. The zero-order chi connectivity index (χ0) is 20.3. The fourth-order valence-electron chi connectivity index (χ4n) is 2.68. The van der Waals surface area contributed by atoms with E-state index in [1.807, 2.05) is 6.07 Å². The molecule has 7 nitrogen and oxygen atoms in total. The Balaban J connectivity index is 1.99. The summed E-state index contributed by atoms with van der Waals surface area (Å²) in [7, 11) is 3.05. The highest BCUT2D eigenvalue weighted by Gasteiger charge is 2.24. The van der Waals surface area contributed by atoms with Gasteiger partial charge < -0.3 is 24.5 Å². The number of amides is 2. The van der Waals surface area contributed by atoms with Crippen molar-refractivity contribution in [2.24, 2.45) is 5.92 Å². The Labute approximate surface area is 162 Å². The van der Waals surface area contributed by atoms with Crippen LogP contribution < -0.4 is 20.1 Å². The van der Waals surface area contributed by atoms with Gasteiger partial charge in [-0.2, -0.15) is 0 Å². The number of benzene rings is 2. The molecular weight excluding hydrogens is 360 g/mol. The fourth-order valence-corrected chi connectivity index (χ4v) is 2.68. The first-order chi connectivity index (χ1) is 13.4. The Morgan fingerprint density at radius 3 is 2.43 bits per heavy atom. The van der Waals surface area contributed by atoms with Gasteiger partial charge in [-0.05, 0) is 24.3 Å². The third kappa shape index (κ3) is 3.78. The van der Waals surface area contributed by atoms with E-state index in [1.54, 1.807) is 57.4 Å². The number of carbonyl (C=O) groups is 2. The van der Waals surface area contributed by atoms with Gasteiger partial charge in [0.25, 0.3) is 5.91 Å². The number of ether oxygens (including phenoxy) is 2. The standard InChI is InChI=1S/C21H22N2O5/c1-12(2)20(24)23-18-14-7-5-6-8-16(14)28-19(18)21(25)22-15-10-9-13(26-3)11-17(15)27-4/h5-12H,1-4H3,(H,22,25)(H,23,24). The second kappa shape index (κ2) is 8.04. The summed E-state index contributed by atoms with van der Waals surface area (Å²) in [6.45, 7) is 3.55. The highest BCUT2D eigenvalue weighted by molar-refractivity contribution is 6.15. The fraction of sp³-hybridized carbons (Fsp3) is 0.238. The summed E-state index contributed by atoms with van der Waals surface area (Å²) in [4.78, 5) is 25.2. The lowest BCUT2D eigenvalue weighted by molar-refractivity contribution is -0.118. The topological polar surface area (TPSA) is 89.8 Å². The molecule has 2 N–H and O–H groups in total. The first kappa shape index (κ1) is 19.3. The van der Waals surface area contributed by atoms with E-state index in [0.717, 1.165) is 0 Å². The predicted octanol–water partition coefficient (Wildman–Crippen LogP) is 4.30. The SMILES string of the molecule is COc1ccc(NC(=O)c2oc3ccccc3c2NC(=O)C(C)C)c(OC)c1. The normalized spacial score (nSPS) is 10.8. The van der Waals surface area contributed by atoms with Crippen molar-refractivity contribution >= 4 is 34.2 Å². The molecule has 0 saturated carbocycles. The van der Waals surface area contributed by atoms with E-state index < -0.39 is 5.91 Å². The zero-order valence-corrected chi connectivity index (χ0v) is 16.2. The van der Waals surface area contributed by atoms with Crippen molar-refractivity contribution in [1.82, 2.24) is 0 Å². The summed E-state index contributed by atoms with van der Waals surface area (Å²) in [5, 5.41) is 6.23. The van der Waals surface area contributed by atoms with Crippen molar-refractivity contribution in [2.45, 2.75) is 13.8 Å². The smallest absolute Gasteiger partial charge is 0.293 e. The third-order valence-corrected chi connectivity index (χ3v) is 4.23. The van der Waals surface area contributed by atoms with Gasteiger partial charge in [-0.1, -0.05) is 26.0 Å². The monoisotopic (exact) mass is 382 g/mol. The number of furan rings is 1. The van der Waals surface area contributed by atoms with Gasteiger partial charge in [0.1, 0.15) is 22.8 Å². The maximum atomic E-state index is 12.9. The molecule has 0 unspecified atom stereocenters. The third-order valence-electron chi connectivity index (χ3n) is 4.23. The Morgan fingerprint density at radius 2 is 1.75 bits per heavy atom. The van der Waals surface area contributed by atoms with Crippen LogP contribution in [-0.4, -0.2) is 26.0 Å². The van der Waals surface area contributed by atoms with E-state index in [1.165, 1.54) is 7.11 Å². The summed E-state index contributed by atoms with van der Waals surface area (Å²) < 4.78 is 16.2. The molecule has 3 rings (SSSR count). The molecule has 2 aromatic carbocycles. The van der Waals surface area contributed by atoms with Gasteiger partial charge in [0.05, 0.1) is 19.9 Å². The van der Waals surface area contributed by atoms with Crippen molar-refractivity contribution in [2.75, 3.05) is 24.9 Å². The van der Waals surface area contributed by atoms with Crippen molar-refractivity contribution in [3.05, 3.63) is 48.2 Å². The number of hydrogen-bond acceptors (Lipinski definition) is 5. The maximum absolute atomic E-state index is 12.9. The van der Waals surface area contributed by atoms with E-state index in [4.69, 9.17) is 13.9 Å². The lowest BCUT2D eigenvalue weighted by Crippen LogP contribution is -2.20.